The molecule has 0 aliphatic rings. The minimum absolute atomic E-state index is 0.0124. The van der Waals surface area contributed by atoms with Crippen LogP contribution in [0.25, 0.3) is 0 Å². The van der Waals surface area contributed by atoms with E-state index in [1.165, 1.54) is 0 Å². The molecule has 0 aliphatic heterocycles. The van der Waals surface area contributed by atoms with Gasteiger partial charge in [-0.2, -0.15) is 0 Å². The predicted octanol–water partition coefficient (Wildman–Crippen LogP) is 2.39. The van der Waals surface area contributed by atoms with E-state index in [9.17, 15) is 14.4 Å². The summed E-state index contributed by atoms with van der Waals surface area (Å²) in [6.07, 6.45) is -0.134. The Kier molecular flexibility index (Phi) is 6.86. The Hall–Kier alpha value is -1.59. The SMILES string of the molecule is CC(CNC(=O)NC(=O)CC(C)(C)CC(=O)O)C(C)(C)C. The fraction of sp³-hybridized carbons (Fsp3) is 0.800. The van der Waals surface area contributed by atoms with Crippen LogP contribution < -0.4 is 10.6 Å². The molecule has 0 aliphatic carbocycles. The number of hydrogen-bond acceptors (Lipinski definition) is 3. The zero-order valence-corrected chi connectivity index (χ0v) is 13.9. The molecule has 0 aromatic rings. The van der Waals surface area contributed by atoms with Crippen LogP contribution in [0.3, 0.4) is 0 Å². The molecule has 0 aromatic carbocycles. The van der Waals surface area contributed by atoms with Crippen molar-refractivity contribution in [1.29, 1.82) is 0 Å². The molecule has 21 heavy (non-hydrogen) atoms. The van der Waals surface area contributed by atoms with Gasteiger partial charge in [-0.15, -0.1) is 0 Å². The molecule has 6 nitrogen and oxygen atoms in total. The molecule has 3 amide bonds. The van der Waals surface area contributed by atoms with Crippen LogP contribution in [0.4, 0.5) is 4.79 Å². The van der Waals surface area contributed by atoms with E-state index in [1.54, 1.807) is 13.8 Å². The second kappa shape index (κ2) is 7.43. The van der Waals surface area contributed by atoms with E-state index >= 15 is 0 Å². The Bertz CT molecular complexity index is 397. The van der Waals surface area contributed by atoms with Crippen LogP contribution in [-0.2, 0) is 9.59 Å². The largest absolute Gasteiger partial charge is 0.481 e. The average Bonchev–Trinajstić information content (AvgIpc) is 2.20. The van der Waals surface area contributed by atoms with Crippen LogP contribution in [0, 0.1) is 16.7 Å². The Morgan fingerprint density at radius 3 is 2.00 bits per heavy atom. The highest BCUT2D eigenvalue weighted by molar-refractivity contribution is 5.94. The molecule has 0 saturated carbocycles. The molecule has 0 rings (SSSR count). The maximum Gasteiger partial charge on any atom is 0.321 e. The number of rotatable bonds is 6. The van der Waals surface area contributed by atoms with E-state index in [0.717, 1.165) is 0 Å². The molecule has 3 N–H and O–H groups in total. The third-order valence-electron chi connectivity index (χ3n) is 3.57. The second-order valence-corrected chi connectivity index (χ2v) is 7.44. The minimum Gasteiger partial charge on any atom is -0.481 e. The Balaban J connectivity index is 4.22. The van der Waals surface area contributed by atoms with Crippen molar-refractivity contribution >= 4 is 17.9 Å². The number of carboxylic acid groups (broad SMARTS) is 1. The number of carbonyl (C=O) groups is 3. The van der Waals surface area contributed by atoms with E-state index in [4.69, 9.17) is 5.11 Å². The number of carboxylic acids is 1. The number of amides is 3. The summed E-state index contributed by atoms with van der Waals surface area (Å²) in [6.45, 7) is 12.1. The lowest BCUT2D eigenvalue weighted by atomic mass is 9.82. The van der Waals surface area contributed by atoms with E-state index in [-0.39, 0.29) is 24.2 Å². The lowest BCUT2D eigenvalue weighted by Gasteiger charge is -2.27. The van der Waals surface area contributed by atoms with Crippen molar-refractivity contribution in [3.63, 3.8) is 0 Å². The highest BCUT2D eigenvalue weighted by Crippen LogP contribution is 2.25. The molecule has 1 unspecified atom stereocenters. The number of imide groups is 1. The molecule has 1 atom stereocenters. The molecule has 0 fully saturated rings. The van der Waals surface area contributed by atoms with Crippen LogP contribution in [0.15, 0.2) is 0 Å². The monoisotopic (exact) mass is 300 g/mol. The van der Waals surface area contributed by atoms with Gasteiger partial charge in [-0.25, -0.2) is 4.79 Å². The number of nitrogens with one attached hydrogen (secondary N) is 2. The second-order valence-electron chi connectivity index (χ2n) is 7.44. The minimum atomic E-state index is -0.962. The third kappa shape index (κ3) is 9.05. The lowest BCUT2D eigenvalue weighted by Crippen LogP contribution is -2.43. The predicted molar refractivity (Wildman–Crippen MR) is 80.8 cm³/mol. The van der Waals surface area contributed by atoms with E-state index in [2.05, 4.69) is 31.4 Å². The van der Waals surface area contributed by atoms with Crippen LogP contribution in [0.1, 0.15) is 54.4 Å². The normalized spacial score (nSPS) is 13.4. The van der Waals surface area contributed by atoms with E-state index in [0.29, 0.717) is 6.54 Å². The fourth-order valence-electron chi connectivity index (χ4n) is 1.67. The molecular weight excluding hydrogens is 272 g/mol. The quantitative estimate of drug-likeness (QED) is 0.702. The van der Waals surface area contributed by atoms with Gasteiger partial charge < -0.3 is 10.4 Å². The summed E-state index contributed by atoms with van der Waals surface area (Å²) in [5, 5.41) is 13.6. The fourth-order valence-corrected chi connectivity index (χ4v) is 1.67. The van der Waals surface area contributed by atoms with Crippen LogP contribution in [0.2, 0.25) is 0 Å². The smallest absolute Gasteiger partial charge is 0.321 e. The topological polar surface area (TPSA) is 95.5 Å². The molecule has 0 aromatic heterocycles. The van der Waals surface area contributed by atoms with Gasteiger partial charge in [0.05, 0.1) is 6.42 Å². The zero-order valence-electron chi connectivity index (χ0n) is 13.9. The number of carbonyl (C=O) groups excluding carboxylic acids is 2. The molecule has 122 valence electrons. The first-order chi connectivity index (χ1) is 9.33. The number of hydrogen-bond donors (Lipinski definition) is 3. The van der Waals surface area contributed by atoms with Gasteiger partial charge in [0, 0.05) is 13.0 Å². The highest BCUT2D eigenvalue weighted by Gasteiger charge is 2.26. The van der Waals surface area contributed by atoms with Crippen LogP contribution in [0.5, 0.6) is 0 Å². The van der Waals surface area contributed by atoms with Crippen molar-refractivity contribution in [3.8, 4) is 0 Å². The van der Waals surface area contributed by atoms with Crippen molar-refractivity contribution in [2.45, 2.75) is 54.4 Å². The molecule has 0 bridgehead atoms. The van der Waals surface area contributed by atoms with Gasteiger partial charge >= 0.3 is 12.0 Å². The molecule has 0 heterocycles. The summed E-state index contributed by atoms with van der Waals surface area (Å²) >= 11 is 0. The average molecular weight is 300 g/mol. The Morgan fingerprint density at radius 2 is 1.57 bits per heavy atom. The van der Waals surface area contributed by atoms with E-state index < -0.39 is 23.3 Å². The number of urea groups is 1. The van der Waals surface area contributed by atoms with Crippen LogP contribution >= 0.6 is 0 Å². The van der Waals surface area contributed by atoms with Crippen molar-refractivity contribution in [2.24, 2.45) is 16.7 Å². The molecule has 6 heteroatoms. The van der Waals surface area contributed by atoms with Crippen molar-refractivity contribution in [2.75, 3.05) is 6.54 Å². The standard InChI is InChI=1S/C15H28N2O4/c1-10(14(2,3)4)9-16-13(21)17-11(18)7-15(5,6)8-12(19)20/h10H,7-9H2,1-6H3,(H,19,20)(H2,16,17,18,21). The van der Waals surface area contributed by atoms with Gasteiger partial charge in [0.25, 0.3) is 0 Å². The van der Waals surface area contributed by atoms with Gasteiger partial charge in [0.2, 0.25) is 5.91 Å². The van der Waals surface area contributed by atoms with E-state index in [1.807, 2.05) is 6.92 Å². The van der Waals surface area contributed by atoms with Gasteiger partial charge in [0.1, 0.15) is 0 Å². The Labute approximate surface area is 126 Å². The Morgan fingerprint density at radius 1 is 1.05 bits per heavy atom. The van der Waals surface area contributed by atoms with Gasteiger partial charge in [0.15, 0.2) is 0 Å². The zero-order chi connectivity index (χ0) is 16.8. The maximum atomic E-state index is 11.7. The summed E-state index contributed by atoms with van der Waals surface area (Å²) in [5.41, 5.74) is -0.615. The summed E-state index contributed by atoms with van der Waals surface area (Å²) in [5.74, 6) is -1.17. The summed E-state index contributed by atoms with van der Waals surface area (Å²) in [4.78, 5) is 34.0. The first-order valence-corrected chi connectivity index (χ1v) is 7.13. The van der Waals surface area contributed by atoms with Gasteiger partial charge in [-0.1, -0.05) is 41.5 Å². The summed E-state index contributed by atoms with van der Waals surface area (Å²) in [6, 6.07) is -0.540. The first-order valence-electron chi connectivity index (χ1n) is 7.13. The molecule has 0 radical (unpaired) electrons. The maximum absolute atomic E-state index is 11.7. The molecular formula is C15H28N2O4. The third-order valence-corrected chi connectivity index (χ3v) is 3.57. The van der Waals surface area contributed by atoms with Gasteiger partial charge in [-0.3, -0.25) is 14.9 Å². The summed E-state index contributed by atoms with van der Waals surface area (Å²) < 4.78 is 0. The van der Waals surface area contributed by atoms with Crippen molar-refractivity contribution in [3.05, 3.63) is 0 Å². The van der Waals surface area contributed by atoms with Gasteiger partial charge in [-0.05, 0) is 16.7 Å². The van der Waals surface area contributed by atoms with Crippen molar-refractivity contribution in [1.82, 2.24) is 10.6 Å². The van der Waals surface area contributed by atoms with Crippen molar-refractivity contribution < 1.29 is 19.5 Å². The first kappa shape index (κ1) is 19.4. The molecule has 0 saturated heterocycles. The lowest BCUT2D eigenvalue weighted by molar-refractivity contribution is -0.139. The molecule has 0 spiro atoms. The number of aliphatic carboxylic acids is 1. The van der Waals surface area contributed by atoms with Crippen LogP contribution in [-0.4, -0.2) is 29.6 Å². The highest BCUT2D eigenvalue weighted by atomic mass is 16.4. The summed E-state index contributed by atoms with van der Waals surface area (Å²) in [7, 11) is 0.